The van der Waals surface area contributed by atoms with E-state index in [2.05, 4.69) is 15.5 Å². The smallest absolute Gasteiger partial charge is 0.244 e. The van der Waals surface area contributed by atoms with Crippen molar-refractivity contribution in [1.29, 1.82) is 0 Å². The lowest BCUT2D eigenvalue weighted by molar-refractivity contribution is 0.0384. The fourth-order valence-electron chi connectivity index (χ4n) is 2.23. The molecule has 1 saturated heterocycles. The van der Waals surface area contributed by atoms with Crippen LogP contribution in [0.3, 0.4) is 0 Å². The molecule has 0 bridgehead atoms. The van der Waals surface area contributed by atoms with Gasteiger partial charge in [0.25, 0.3) is 0 Å². The molecule has 1 aliphatic heterocycles. The van der Waals surface area contributed by atoms with E-state index in [0.717, 1.165) is 23.9 Å². The summed E-state index contributed by atoms with van der Waals surface area (Å²) in [7, 11) is 0. The Morgan fingerprint density at radius 3 is 3.11 bits per heavy atom. The zero-order chi connectivity index (χ0) is 12.4. The van der Waals surface area contributed by atoms with E-state index < -0.39 is 0 Å². The van der Waals surface area contributed by atoms with E-state index in [-0.39, 0.29) is 12.1 Å². The van der Waals surface area contributed by atoms with Gasteiger partial charge >= 0.3 is 0 Å². The molecule has 100 valence electrons. The molecule has 1 saturated carbocycles. The zero-order valence-corrected chi connectivity index (χ0v) is 11.4. The maximum absolute atomic E-state index is 5.74. The quantitative estimate of drug-likeness (QED) is 0.881. The number of aromatic nitrogens is 2. The van der Waals surface area contributed by atoms with Crippen LogP contribution >= 0.6 is 11.8 Å². The van der Waals surface area contributed by atoms with Crippen molar-refractivity contribution in [2.24, 2.45) is 5.92 Å². The van der Waals surface area contributed by atoms with E-state index >= 15 is 0 Å². The first-order valence-corrected chi connectivity index (χ1v) is 7.80. The first-order chi connectivity index (χ1) is 8.88. The summed E-state index contributed by atoms with van der Waals surface area (Å²) < 4.78 is 11.1. The van der Waals surface area contributed by atoms with Gasteiger partial charge in [-0.05, 0) is 25.7 Å². The van der Waals surface area contributed by atoms with Crippen LogP contribution in [0.1, 0.15) is 43.6 Å². The van der Waals surface area contributed by atoms with Crippen LogP contribution in [-0.2, 0) is 4.74 Å². The molecule has 3 rings (SSSR count). The van der Waals surface area contributed by atoms with Crippen LogP contribution in [-0.4, -0.2) is 34.8 Å². The van der Waals surface area contributed by atoms with Gasteiger partial charge in [-0.2, -0.15) is 16.7 Å². The number of hydrogen-bond donors (Lipinski definition) is 1. The molecule has 6 heteroatoms. The summed E-state index contributed by atoms with van der Waals surface area (Å²) in [5.74, 6) is 4.18. The maximum Gasteiger partial charge on any atom is 0.244 e. The first kappa shape index (κ1) is 12.4. The average Bonchev–Trinajstić information content (AvgIpc) is 3.14. The Labute approximate surface area is 111 Å². The summed E-state index contributed by atoms with van der Waals surface area (Å²) in [6.45, 7) is 3.71. The monoisotopic (exact) mass is 269 g/mol. The SMILES string of the molecule is CCOC(c1noc(C2CSCCN2)n1)C1CC1. The first-order valence-electron chi connectivity index (χ1n) is 6.64. The van der Waals surface area contributed by atoms with E-state index in [1.54, 1.807) is 0 Å². The van der Waals surface area contributed by atoms with Crippen LogP contribution in [0, 0.1) is 5.92 Å². The predicted octanol–water partition coefficient (Wildman–Crippen LogP) is 1.93. The second-order valence-corrected chi connectivity index (χ2v) is 5.94. The van der Waals surface area contributed by atoms with Gasteiger partial charge in [0.2, 0.25) is 11.7 Å². The minimum Gasteiger partial charge on any atom is -0.370 e. The number of nitrogens with one attached hydrogen (secondary N) is 1. The number of rotatable bonds is 5. The van der Waals surface area contributed by atoms with Crippen molar-refractivity contribution < 1.29 is 9.26 Å². The van der Waals surface area contributed by atoms with Crippen molar-refractivity contribution in [3.05, 3.63) is 11.7 Å². The van der Waals surface area contributed by atoms with Gasteiger partial charge in [0.1, 0.15) is 6.10 Å². The number of nitrogens with zero attached hydrogens (tertiary/aromatic N) is 2. The van der Waals surface area contributed by atoms with Gasteiger partial charge in [-0.1, -0.05) is 5.16 Å². The molecule has 0 spiro atoms. The molecule has 2 atom stereocenters. The third-order valence-corrected chi connectivity index (χ3v) is 4.39. The highest BCUT2D eigenvalue weighted by atomic mass is 32.2. The van der Waals surface area contributed by atoms with Crippen molar-refractivity contribution in [3.8, 4) is 0 Å². The number of hydrogen-bond acceptors (Lipinski definition) is 6. The molecule has 2 fully saturated rings. The molecule has 0 aromatic carbocycles. The van der Waals surface area contributed by atoms with Crippen molar-refractivity contribution in [3.63, 3.8) is 0 Å². The van der Waals surface area contributed by atoms with E-state index in [0.29, 0.717) is 18.4 Å². The van der Waals surface area contributed by atoms with Crippen molar-refractivity contribution in [1.82, 2.24) is 15.5 Å². The number of thioether (sulfide) groups is 1. The third kappa shape index (κ3) is 2.70. The second-order valence-electron chi connectivity index (χ2n) is 4.79. The molecule has 1 N–H and O–H groups in total. The number of ether oxygens (including phenoxy) is 1. The summed E-state index contributed by atoms with van der Waals surface area (Å²) in [4.78, 5) is 4.54. The molecule has 1 aliphatic carbocycles. The van der Waals surface area contributed by atoms with Crippen molar-refractivity contribution in [2.45, 2.75) is 31.9 Å². The summed E-state index contributed by atoms with van der Waals surface area (Å²) in [5, 5.41) is 7.52. The Bertz CT molecular complexity index is 388. The largest absolute Gasteiger partial charge is 0.370 e. The van der Waals surface area contributed by atoms with Crippen LogP contribution < -0.4 is 5.32 Å². The molecule has 0 amide bonds. The van der Waals surface area contributed by atoms with Gasteiger partial charge in [-0.15, -0.1) is 0 Å². The minimum absolute atomic E-state index is 0.0312. The van der Waals surface area contributed by atoms with E-state index in [4.69, 9.17) is 9.26 Å². The van der Waals surface area contributed by atoms with Gasteiger partial charge < -0.3 is 14.6 Å². The molecule has 2 unspecified atom stereocenters. The summed E-state index contributed by atoms with van der Waals surface area (Å²) in [6, 6.07) is 0.200. The highest BCUT2D eigenvalue weighted by molar-refractivity contribution is 7.99. The lowest BCUT2D eigenvalue weighted by atomic mass is 10.2. The van der Waals surface area contributed by atoms with E-state index in [9.17, 15) is 0 Å². The summed E-state index contributed by atoms with van der Waals surface area (Å²) in [5.41, 5.74) is 0. The second kappa shape index (κ2) is 5.59. The van der Waals surface area contributed by atoms with Crippen LogP contribution in [0.2, 0.25) is 0 Å². The zero-order valence-electron chi connectivity index (χ0n) is 10.6. The average molecular weight is 269 g/mol. The minimum atomic E-state index is 0.0312. The highest BCUT2D eigenvalue weighted by Crippen LogP contribution is 2.42. The molecule has 2 heterocycles. The lowest BCUT2D eigenvalue weighted by Crippen LogP contribution is -2.30. The molecule has 0 radical (unpaired) electrons. The lowest BCUT2D eigenvalue weighted by Gasteiger charge is -2.19. The van der Waals surface area contributed by atoms with Gasteiger partial charge in [0, 0.05) is 24.7 Å². The van der Waals surface area contributed by atoms with Crippen LogP contribution in [0.25, 0.3) is 0 Å². The summed E-state index contributed by atoms with van der Waals surface area (Å²) in [6.07, 6.45) is 2.46. The molecule has 1 aromatic rings. The molecule has 5 nitrogen and oxygen atoms in total. The topological polar surface area (TPSA) is 60.2 Å². The highest BCUT2D eigenvalue weighted by Gasteiger charge is 2.36. The maximum atomic E-state index is 5.74. The molecular formula is C12H19N3O2S. The Balaban J connectivity index is 1.70. The normalized spacial score (nSPS) is 26.2. The van der Waals surface area contributed by atoms with Gasteiger partial charge in [0.15, 0.2) is 0 Å². The van der Waals surface area contributed by atoms with Gasteiger partial charge in [-0.25, -0.2) is 0 Å². The fourth-order valence-corrected chi connectivity index (χ4v) is 3.15. The molecule has 2 aliphatic rings. The third-order valence-electron chi connectivity index (χ3n) is 3.33. The summed E-state index contributed by atoms with van der Waals surface area (Å²) >= 11 is 1.92. The standard InChI is InChI=1S/C12H19N3O2S/c1-2-16-10(8-3-4-8)11-14-12(17-15-11)9-7-18-6-5-13-9/h8-10,13H,2-7H2,1H3. The van der Waals surface area contributed by atoms with E-state index in [1.807, 2.05) is 18.7 Å². The Morgan fingerprint density at radius 1 is 1.56 bits per heavy atom. The van der Waals surface area contributed by atoms with Crippen molar-refractivity contribution >= 4 is 11.8 Å². The molecular weight excluding hydrogens is 250 g/mol. The fraction of sp³-hybridized carbons (Fsp3) is 0.833. The van der Waals surface area contributed by atoms with Crippen LogP contribution in [0.5, 0.6) is 0 Å². The van der Waals surface area contributed by atoms with Crippen molar-refractivity contribution in [2.75, 3.05) is 24.7 Å². The van der Waals surface area contributed by atoms with Crippen LogP contribution in [0.15, 0.2) is 4.52 Å². The molecule has 18 heavy (non-hydrogen) atoms. The van der Waals surface area contributed by atoms with Gasteiger partial charge in [-0.3, -0.25) is 0 Å². The van der Waals surface area contributed by atoms with Gasteiger partial charge in [0.05, 0.1) is 6.04 Å². The molecule has 1 aromatic heterocycles. The van der Waals surface area contributed by atoms with E-state index in [1.165, 1.54) is 12.8 Å². The predicted molar refractivity (Wildman–Crippen MR) is 69.5 cm³/mol. The Hall–Kier alpha value is -0.590. The Kier molecular flexibility index (Phi) is 3.86. The Morgan fingerprint density at radius 2 is 2.44 bits per heavy atom. The van der Waals surface area contributed by atoms with Crippen LogP contribution in [0.4, 0.5) is 0 Å².